The maximum absolute atomic E-state index is 11.8. The Kier molecular flexibility index (Phi) is 11.6. The first kappa shape index (κ1) is 17.7. The predicted octanol–water partition coefficient (Wildman–Crippen LogP) is 4.33. The highest BCUT2D eigenvalue weighted by atomic mass is 19.4. The third-order valence-electron chi connectivity index (χ3n) is 2.50. The number of hydrogen-bond acceptors (Lipinski definition) is 2. The van der Waals surface area contributed by atoms with Crippen LogP contribution in [0.2, 0.25) is 0 Å². The normalized spacial score (nSPS) is 12.0. The zero-order chi connectivity index (χ0) is 13.7. The van der Waals surface area contributed by atoms with Crippen LogP contribution >= 0.6 is 0 Å². The number of hydrogen-bond donors (Lipinski definition) is 0. The Labute approximate surface area is 108 Å². The van der Waals surface area contributed by atoms with Crippen molar-refractivity contribution in [1.82, 2.24) is 0 Å². The lowest BCUT2D eigenvalue weighted by molar-refractivity contribution is -0.145. The van der Waals surface area contributed by atoms with Gasteiger partial charge < -0.3 is 9.47 Å². The smallest absolute Gasteiger partial charge is 0.381 e. The molecular formula is C13H25F3O2. The van der Waals surface area contributed by atoms with Crippen molar-refractivity contribution >= 4 is 0 Å². The summed E-state index contributed by atoms with van der Waals surface area (Å²) in [5.74, 6) is 0. The van der Waals surface area contributed by atoms with Crippen LogP contribution in [0.25, 0.3) is 0 Å². The van der Waals surface area contributed by atoms with Crippen molar-refractivity contribution in [1.29, 1.82) is 0 Å². The van der Waals surface area contributed by atoms with Crippen molar-refractivity contribution in [3.05, 3.63) is 0 Å². The molecule has 5 heteroatoms. The molecule has 0 aromatic carbocycles. The molecule has 0 saturated heterocycles. The van der Waals surface area contributed by atoms with Crippen LogP contribution in [0.1, 0.15) is 51.9 Å². The van der Waals surface area contributed by atoms with Crippen molar-refractivity contribution < 1.29 is 22.6 Å². The number of unbranched alkanes of at least 4 members (excludes halogenated alkanes) is 4. The van der Waals surface area contributed by atoms with E-state index in [2.05, 4.69) is 6.92 Å². The third-order valence-corrected chi connectivity index (χ3v) is 2.50. The van der Waals surface area contributed by atoms with Gasteiger partial charge in [-0.15, -0.1) is 0 Å². The zero-order valence-electron chi connectivity index (χ0n) is 11.2. The largest absolute Gasteiger partial charge is 0.391 e. The van der Waals surface area contributed by atoms with Crippen molar-refractivity contribution in [2.24, 2.45) is 0 Å². The summed E-state index contributed by atoms with van der Waals surface area (Å²) >= 11 is 0. The van der Waals surface area contributed by atoms with E-state index >= 15 is 0 Å². The predicted molar refractivity (Wildman–Crippen MR) is 65.7 cm³/mol. The SMILES string of the molecule is CCCCOCCCCCCOCCC(F)(F)F. The molecule has 0 rings (SSSR count). The fourth-order valence-corrected chi connectivity index (χ4v) is 1.40. The summed E-state index contributed by atoms with van der Waals surface area (Å²) in [5, 5.41) is 0. The third kappa shape index (κ3) is 15.7. The van der Waals surface area contributed by atoms with Crippen LogP contribution in [0.5, 0.6) is 0 Å². The second kappa shape index (κ2) is 11.8. The number of rotatable bonds is 12. The molecule has 0 aromatic rings. The molecule has 0 unspecified atom stereocenters. The Bertz CT molecular complexity index is 172. The second-order valence-electron chi connectivity index (χ2n) is 4.36. The maximum Gasteiger partial charge on any atom is 0.391 e. The average molecular weight is 270 g/mol. The highest BCUT2D eigenvalue weighted by Gasteiger charge is 2.26. The highest BCUT2D eigenvalue weighted by Crippen LogP contribution is 2.18. The molecule has 0 aliphatic heterocycles. The lowest BCUT2D eigenvalue weighted by Gasteiger charge is -2.07. The first-order chi connectivity index (χ1) is 8.56. The Hall–Kier alpha value is -0.290. The lowest BCUT2D eigenvalue weighted by Crippen LogP contribution is -2.11. The van der Waals surface area contributed by atoms with Crippen molar-refractivity contribution in [2.45, 2.75) is 58.0 Å². The number of halogens is 3. The van der Waals surface area contributed by atoms with Gasteiger partial charge in [-0.2, -0.15) is 13.2 Å². The fraction of sp³-hybridized carbons (Fsp3) is 1.00. The Morgan fingerprint density at radius 1 is 0.722 bits per heavy atom. The van der Waals surface area contributed by atoms with Crippen LogP contribution in [0.3, 0.4) is 0 Å². The molecule has 0 saturated carbocycles. The summed E-state index contributed by atoms with van der Waals surface area (Å²) in [5.41, 5.74) is 0. The minimum Gasteiger partial charge on any atom is -0.381 e. The first-order valence-electron chi connectivity index (χ1n) is 6.78. The quantitative estimate of drug-likeness (QED) is 0.491. The van der Waals surface area contributed by atoms with Gasteiger partial charge in [-0.3, -0.25) is 0 Å². The van der Waals surface area contributed by atoms with Gasteiger partial charge in [0.05, 0.1) is 13.0 Å². The number of ether oxygens (including phenoxy) is 2. The van der Waals surface area contributed by atoms with Crippen LogP contribution < -0.4 is 0 Å². The van der Waals surface area contributed by atoms with Crippen molar-refractivity contribution in [2.75, 3.05) is 26.4 Å². The van der Waals surface area contributed by atoms with Gasteiger partial charge in [0, 0.05) is 19.8 Å². The van der Waals surface area contributed by atoms with Crippen LogP contribution in [0.15, 0.2) is 0 Å². The molecule has 0 aromatic heterocycles. The van der Waals surface area contributed by atoms with Crippen LogP contribution in [0, 0.1) is 0 Å². The number of alkyl halides is 3. The standard InChI is InChI=1S/C13H25F3O2/c1-2-3-9-17-10-6-4-5-7-11-18-12-8-13(14,15)16/h2-12H2,1H3. The molecule has 0 aliphatic carbocycles. The van der Waals surface area contributed by atoms with E-state index < -0.39 is 12.6 Å². The summed E-state index contributed by atoms with van der Waals surface area (Å²) in [4.78, 5) is 0. The van der Waals surface area contributed by atoms with E-state index in [9.17, 15) is 13.2 Å². The van der Waals surface area contributed by atoms with Gasteiger partial charge in [0.25, 0.3) is 0 Å². The molecular weight excluding hydrogens is 245 g/mol. The monoisotopic (exact) mass is 270 g/mol. The molecule has 0 fully saturated rings. The Morgan fingerprint density at radius 3 is 1.72 bits per heavy atom. The van der Waals surface area contributed by atoms with Gasteiger partial charge in [-0.1, -0.05) is 26.2 Å². The molecule has 0 atom stereocenters. The molecule has 0 amide bonds. The van der Waals surface area contributed by atoms with E-state index in [4.69, 9.17) is 9.47 Å². The molecule has 0 spiro atoms. The Morgan fingerprint density at radius 2 is 1.22 bits per heavy atom. The van der Waals surface area contributed by atoms with Crippen LogP contribution in [-0.4, -0.2) is 32.6 Å². The molecule has 0 heterocycles. The van der Waals surface area contributed by atoms with E-state index in [1.54, 1.807) is 0 Å². The molecule has 0 N–H and O–H groups in total. The summed E-state index contributed by atoms with van der Waals surface area (Å²) in [6, 6.07) is 0. The summed E-state index contributed by atoms with van der Waals surface area (Å²) in [7, 11) is 0. The average Bonchev–Trinajstić information content (AvgIpc) is 2.29. The van der Waals surface area contributed by atoms with Gasteiger partial charge in [-0.05, 0) is 19.3 Å². The molecule has 0 radical (unpaired) electrons. The van der Waals surface area contributed by atoms with E-state index in [-0.39, 0.29) is 6.61 Å². The van der Waals surface area contributed by atoms with E-state index in [0.29, 0.717) is 6.61 Å². The summed E-state index contributed by atoms with van der Waals surface area (Å²) < 4.78 is 45.6. The van der Waals surface area contributed by atoms with Crippen LogP contribution in [-0.2, 0) is 9.47 Å². The van der Waals surface area contributed by atoms with Gasteiger partial charge in [0.15, 0.2) is 0 Å². The summed E-state index contributed by atoms with van der Waals surface area (Å²) in [6.45, 7) is 3.95. The molecule has 110 valence electrons. The maximum atomic E-state index is 11.8. The van der Waals surface area contributed by atoms with E-state index in [1.807, 2.05) is 0 Å². The van der Waals surface area contributed by atoms with Gasteiger partial charge in [0.1, 0.15) is 0 Å². The highest BCUT2D eigenvalue weighted by molar-refractivity contribution is 4.48. The van der Waals surface area contributed by atoms with Crippen molar-refractivity contribution in [3.63, 3.8) is 0 Å². The van der Waals surface area contributed by atoms with E-state index in [1.165, 1.54) is 0 Å². The fourth-order valence-electron chi connectivity index (χ4n) is 1.40. The Balaban J connectivity index is 2.99. The molecule has 18 heavy (non-hydrogen) atoms. The minimum absolute atomic E-state index is 0.219. The van der Waals surface area contributed by atoms with Gasteiger partial charge in [-0.25, -0.2) is 0 Å². The molecule has 0 aliphatic rings. The molecule has 0 bridgehead atoms. The van der Waals surface area contributed by atoms with Crippen molar-refractivity contribution in [3.8, 4) is 0 Å². The summed E-state index contributed by atoms with van der Waals surface area (Å²) in [6.07, 6.45) is 1.19. The second-order valence-corrected chi connectivity index (χ2v) is 4.36. The van der Waals surface area contributed by atoms with Gasteiger partial charge in [0.2, 0.25) is 0 Å². The first-order valence-corrected chi connectivity index (χ1v) is 6.78. The molecule has 2 nitrogen and oxygen atoms in total. The van der Waals surface area contributed by atoms with Crippen LogP contribution in [0.4, 0.5) is 13.2 Å². The topological polar surface area (TPSA) is 18.5 Å². The van der Waals surface area contributed by atoms with E-state index in [0.717, 1.165) is 51.7 Å². The zero-order valence-corrected chi connectivity index (χ0v) is 11.2. The lowest BCUT2D eigenvalue weighted by atomic mass is 10.2. The van der Waals surface area contributed by atoms with Gasteiger partial charge >= 0.3 is 6.18 Å². The minimum atomic E-state index is -4.10.